The van der Waals surface area contributed by atoms with Crippen LogP contribution in [0.3, 0.4) is 0 Å². The number of benzene rings is 1. The van der Waals surface area contributed by atoms with E-state index in [9.17, 15) is 9.59 Å². The smallest absolute Gasteiger partial charge is 0.347 e. The molecule has 2 aromatic rings. The first-order valence-electron chi connectivity index (χ1n) is 4.72. The number of thiophene rings is 1. The summed E-state index contributed by atoms with van der Waals surface area (Å²) < 4.78 is 0.735. The summed E-state index contributed by atoms with van der Waals surface area (Å²) in [6.45, 7) is 1.41. The lowest BCUT2D eigenvalue weighted by Crippen LogP contribution is -2.04. The average Bonchev–Trinajstić information content (AvgIpc) is 2.55. The van der Waals surface area contributed by atoms with Crippen LogP contribution in [0.15, 0.2) is 18.2 Å². The molecule has 0 saturated heterocycles. The van der Waals surface area contributed by atoms with E-state index in [2.05, 4.69) is 5.32 Å². The third-order valence-electron chi connectivity index (χ3n) is 2.14. The van der Waals surface area contributed by atoms with Gasteiger partial charge in [-0.05, 0) is 18.2 Å². The number of carboxylic acid groups (broad SMARTS) is 1. The maximum absolute atomic E-state index is 10.9. The number of carbonyl (C=O) groups excluding carboxylic acids is 1. The topological polar surface area (TPSA) is 66.4 Å². The first-order chi connectivity index (χ1) is 7.99. The van der Waals surface area contributed by atoms with Crippen LogP contribution in [0.5, 0.6) is 0 Å². The molecule has 0 fully saturated rings. The van der Waals surface area contributed by atoms with Gasteiger partial charge in [0.05, 0.1) is 5.02 Å². The Morgan fingerprint density at radius 3 is 2.71 bits per heavy atom. The van der Waals surface area contributed by atoms with E-state index in [-0.39, 0.29) is 15.8 Å². The molecule has 0 spiro atoms. The molecule has 0 unspecified atom stereocenters. The first-order valence-corrected chi connectivity index (χ1v) is 5.91. The van der Waals surface area contributed by atoms with Crippen molar-refractivity contribution in [3.05, 3.63) is 28.1 Å². The number of carboxylic acids is 1. The van der Waals surface area contributed by atoms with Gasteiger partial charge in [-0.2, -0.15) is 0 Å². The Balaban J connectivity index is 2.55. The van der Waals surface area contributed by atoms with Gasteiger partial charge < -0.3 is 10.4 Å². The van der Waals surface area contributed by atoms with Gasteiger partial charge in [0.25, 0.3) is 0 Å². The average molecular weight is 270 g/mol. The van der Waals surface area contributed by atoms with Gasteiger partial charge >= 0.3 is 5.97 Å². The van der Waals surface area contributed by atoms with Crippen LogP contribution in [0.4, 0.5) is 5.69 Å². The largest absolute Gasteiger partial charge is 0.477 e. The van der Waals surface area contributed by atoms with Gasteiger partial charge in [-0.1, -0.05) is 11.6 Å². The summed E-state index contributed by atoms with van der Waals surface area (Å²) in [4.78, 5) is 21.9. The third kappa shape index (κ3) is 2.25. The van der Waals surface area contributed by atoms with Crippen molar-refractivity contribution >= 4 is 50.6 Å². The Morgan fingerprint density at radius 2 is 2.12 bits per heavy atom. The maximum Gasteiger partial charge on any atom is 0.347 e. The van der Waals surface area contributed by atoms with Crippen molar-refractivity contribution in [1.29, 1.82) is 0 Å². The zero-order valence-corrected chi connectivity index (χ0v) is 10.4. The Morgan fingerprint density at radius 1 is 1.41 bits per heavy atom. The fourth-order valence-electron chi connectivity index (χ4n) is 1.48. The molecule has 0 atom stereocenters. The molecule has 17 heavy (non-hydrogen) atoms. The summed E-state index contributed by atoms with van der Waals surface area (Å²) in [5, 5.41) is 12.5. The molecule has 0 saturated carbocycles. The molecule has 1 aromatic carbocycles. The number of anilines is 1. The molecule has 1 amide bonds. The van der Waals surface area contributed by atoms with Gasteiger partial charge in [-0.3, -0.25) is 4.79 Å². The van der Waals surface area contributed by atoms with Gasteiger partial charge in [0.15, 0.2) is 0 Å². The minimum absolute atomic E-state index is 0.113. The zero-order valence-electron chi connectivity index (χ0n) is 8.78. The van der Waals surface area contributed by atoms with Crippen molar-refractivity contribution in [2.45, 2.75) is 6.92 Å². The molecule has 0 bridgehead atoms. The highest BCUT2D eigenvalue weighted by Crippen LogP contribution is 2.36. The number of halogens is 1. The monoisotopic (exact) mass is 269 g/mol. The van der Waals surface area contributed by atoms with E-state index in [1.165, 1.54) is 6.92 Å². The Hall–Kier alpha value is -1.59. The van der Waals surface area contributed by atoms with E-state index in [0.717, 1.165) is 16.0 Å². The minimum atomic E-state index is -1.04. The van der Waals surface area contributed by atoms with E-state index >= 15 is 0 Å². The van der Waals surface area contributed by atoms with Crippen molar-refractivity contribution in [3.63, 3.8) is 0 Å². The highest BCUT2D eigenvalue weighted by atomic mass is 35.5. The number of fused-ring (bicyclic) bond motifs is 1. The van der Waals surface area contributed by atoms with Crippen LogP contribution < -0.4 is 5.32 Å². The molecule has 2 N–H and O–H groups in total. The lowest BCUT2D eigenvalue weighted by atomic mass is 10.2. The van der Waals surface area contributed by atoms with E-state index in [1.54, 1.807) is 18.2 Å². The van der Waals surface area contributed by atoms with E-state index in [1.807, 2.05) is 0 Å². The van der Waals surface area contributed by atoms with Crippen molar-refractivity contribution in [3.8, 4) is 0 Å². The molecule has 0 aliphatic carbocycles. The summed E-state index contributed by atoms with van der Waals surface area (Å²) in [6, 6.07) is 5.10. The molecule has 1 heterocycles. The van der Waals surface area contributed by atoms with Crippen LogP contribution in [-0.4, -0.2) is 17.0 Å². The lowest BCUT2D eigenvalue weighted by Gasteiger charge is -2.00. The predicted octanol–water partition coefficient (Wildman–Crippen LogP) is 3.21. The van der Waals surface area contributed by atoms with Crippen LogP contribution in [0, 0.1) is 0 Å². The molecule has 4 nitrogen and oxygen atoms in total. The standard InChI is InChI=1S/C11H8ClNO3S/c1-5(14)13-6-2-3-7-8(4-6)17-10(9(7)12)11(15)16/h2-4H,1H3,(H,13,14)(H,15,16). The fourth-order valence-corrected chi connectivity index (χ4v) is 2.87. The third-order valence-corrected chi connectivity index (χ3v) is 3.79. The molecule has 1 aromatic heterocycles. The molecule has 0 radical (unpaired) electrons. The van der Waals surface area contributed by atoms with Gasteiger partial charge in [0.2, 0.25) is 5.91 Å². The number of rotatable bonds is 2. The molecule has 6 heteroatoms. The SMILES string of the molecule is CC(=O)Nc1ccc2c(Cl)c(C(=O)O)sc2c1. The van der Waals surface area contributed by atoms with Crippen LogP contribution in [0.2, 0.25) is 5.02 Å². The van der Waals surface area contributed by atoms with E-state index < -0.39 is 5.97 Å². The van der Waals surface area contributed by atoms with Crippen LogP contribution in [0.25, 0.3) is 10.1 Å². The molecule has 0 aliphatic heterocycles. The van der Waals surface area contributed by atoms with Crippen molar-refractivity contribution < 1.29 is 14.7 Å². The van der Waals surface area contributed by atoms with Gasteiger partial charge in [-0.25, -0.2) is 4.79 Å². The Labute approximate surface area is 106 Å². The normalized spacial score (nSPS) is 10.5. The summed E-state index contributed by atoms with van der Waals surface area (Å²) in [7, 11) is 0. The number of nitrogens with one attached hydrogen (secondary N) is 1. The van der Waals surface area contributed by atoms with E-state index in [0.29, 0.717) is 11.1 Å². The fraction of sp³-hybridized carbons (Fsp3) is 0.0909. The zero-order chi connectivity index (χ0) is 12.6. The second-order valence-electron chi connectivity index (χ2n) is 3.44. The highest BCUT2D eigenvalue weighted by molar-refractivity contribution is 7.21. The van der Waals surface area contributed by atoms with Gasteiger partial charge in [0, 0.05) is 22.7 Å². The molecular weight excluding hydrogens is 262 g/mol. The number of hydrogen-bond acceptors (Lipinski definition) is 3. The second-order valence-corrected chi connectivity index (χ2v) is 4.87. The quantitative estimate of drug-likeness (QED) is 0.880. The molecular formula is C11H8ClNO3S. The molecule has 0 aliphatic rings. The number of aromatic carboxylic acids is 1. The van der Waals surface area contributed by atoms with Crippen molar-refractivity contribution in [1.82, 2.24) is 0 Å². The second kappa shape index (κ2) is 4.35. The predicted molar refractivity (Wildman–Crippen MR) is 68.1 cm³/mol. The Kier molecular flexibility index (Phi) is 3.04. The number of amides is 1. The van der Waals surface area contributed by atoms with Crippen LogP contribution in [0.1, 0.15) is 16.6 Å². The number of carbonyl (C=O) groups is 2. The lowest BCUT2D eigenvalue weighted by molar-refractivity contribution is -0.114. The highest BCUT2D eigenvalue weighted by Gasteiger charge is 2.16. The van der Waals surface area contributed by atoms with Crippen molar-refractivity contribution in [2.75, 3.05) is 5.32 Å². The molecule has 88 valence electrons. The summed E-state index contributed by atoms with van der Waals surface area (Å²) >= 11 is 7.04. The summed E-state index contributed by atoms with van der Waals surface area (Å²) in [5.74, 6) is -1.22. The summed E-state index contributed by atoms with van der Waals surface area (Å²) in [5.41, 5.74) is 0.625. The maximum atomic E-state index is 10.9. The Bertz CT molecular complexity index is 620. The van der Waals surface area contributed by atoms with Crippen molar-refractivity contribution in [2.24, 2.45) is 0 Å². The van der Waals surface area contributed by atoms with E-state index in [4.69, 9.17) is 16.7 Å². The van der Waals surface area contributed by atoms with Crippen LogP contribution in [-0.2, 0) is 4.79 Å². The number of hydrogen-bond donors (Lipinski definition) is 2. The minimum Gasteiger partial charge on any atom is -0.477 e. The van der Waals surface area contributed by atoms with Gasteiger partial charge in [-0.15, -0.1) is 11.3 Å². The molecule has 2 rings (SSSR count). The first kappa shape index (κ1) is 11.9. The van der Waals surface area contributed by atoms with Gasteiger partial charge in [0.1, 0.15) is 4.88 Å². The van der Waals surface area contributed by atoms with Crippen LogP contribution >= 0.6 is 22.9 Å². The summed E-state index contributed by atoms with van der Waals surface area (Å²) in [6.07, 6.45) is 0.